The fraction of sp³-hybridized carbons (Fsp3) is 0.0938. The number of anilines is 2. The quantitative estimate of drug-likeness (QED) is 0.161. The second-order valence-electron chi connectivity index (χ2n) is 8.83. The summed E-state index contributed by atoms with van der Waals surface area (Å²) in [5.41, 5.74) is 2.07. The Morgan fingerprint density at radius 3 is 1.77 bits per heavy atom. The van der Waals surface area contributed by atoms with Gasteiger partial charge >= 0.3 is 6.03 Å². The highest BCUT2D eigenvalue weighted by Crippen LogP contribution is 2.39. The maximum absolute atomic E-state index is 13.7. The molecule has 1 aliphatic heterocycles. The molecule has 4 aromatic carbocycles. The van der Waals surface area contributed by atoms with Crippen LogP contribution in [0.3, 0.4) is 0 Å². The molecule has 8 heteroatoms. The van der Waals surface area contributed by atoms with Crippen LogP contribution in [-0.4, -0.2) is 24.5 Å². The van der Waals surface area contributed by atoms with Gasteiger partial charge in [0, 0.05) is 0 Å². The molecule has 0 radical (unpaired) electrons. The van der Waals surface area contributed by atoms with Crippen LogP contribution in [0.4, 0.5) is 16.2 Å². The Morgan fingerprint density at radius 2 is 1.25 bits per heavy atom. The Morgan fingerprint density at radius 1 is 0.725 bits per heavy atom. The van der Waals surface area contributed by atoms with E-state index < -0.39 is 17.8 Å². The number of para-hydroxylation sites is 2. The normalized spacial score (nSPS) is 13.4. The molecule has 0 saturated carbocycles. The number of barbiturate groups is 1. The van der Waals surface area contributed by atoms with Crippen LogP contribution in [-0.2, 0) is 16.2 Å². The van der Waals surface area contributed by atoms with E-state index in [4.69, 9.17) is 9.47 Å². The molecule has 1 aliphatic rings. The number of rotatable bonds is 8. The molecular formula is C32H25BrN2O5. The number of nitrogens with zero attached hydrogens (tertiary/aromatic N) is 2. The molecule has 1 saturated heterocycles. The highest BCUT2D eigenvalue weighted by atomic mass is 79.9. The lowest BCUT2D eigenvalue weighted by Gasteiger charge is -2.34. The summed E-state index contributed by atoms with van der Waals surface area (Å²) in [6.07, 6.45) is 1.47. The van der Waals surface area contributed by atoms with Gasteiger partial charge in [0.2, 0.25) is 0 Å². The molecule has 4 aromatic rings. The number of benzene rings is 4. The molecule has 0 atom stereocenters. The molecule has 4 amide bonds. The zero-order valence-electron chi connectivity index (χ0n) is 21.6. The van der Waals surface area contributed by atoms with Gasteiger partial charge in [0.05, 0.1) is 22.5 Å². The number of imide groups is 2. The fourth-order valence-corrected chi connectivity index (χ4v) is 4.88. The minimum atomic E-state index is -0.745. The van der Waals surface area contributed by atoms with Gasteiger partial charge < -0.3 is 9.47 Å². The molecule has 40 heavy (non-hydrogen) atoms. The minimum Gasteiger partial charge on any atom is -0.490 e. The maximum atomic E-state index is 13.7. The standard InChI is InChI=1S/C32H25BrN2O5/c1-2-39-28-20-23(19-27(33)29(28)40-21-22-12-6-3-7-13-22)18-26-30(36)34(24-14-8-4-9-15-24)32(38)35(31(26)37)25-16-10-5-11-17-25/h3-20H,2,21H2,1H3. The van der Waals surface area contributed by atoms with Gasteiger partial charge in [0.15, 0.2) is 11.5 Å². The van der Waals surface area contributed by atoms with E-state index in [1.807, 2.05) is 37.3 Å². The zero-order valence-corrected chi connectivity index (χ0v) is 23.2. The monoisotopic (exact) mass is 596 g/mol. The lowest BCUT2D eigenvalue weighted by atomic mass is 10.0. The summed E-state index contributed by atoms with van der Waals surface area (Å²) in [7, 11) is 0. The van der Waals surface area contributed by atoms with E-state index in [0.29, 0.717) is 46.1 Å². The van der Waals surface area contributed by atoms with E-state index in [9.17, 15) is 14.4 Å². The number of carbonyl (C=O) groups is 3. The number of ether oxygens (including phenoxy) is 2. The van der Waals surface area contributed by atoms with Crippen molar-refractivity contribution in [1.82, 2.24) is 0 Å². The topological polar surface area (TPSA) is 76.2 Å². The highest BCUT2D eigenvalue weighted by Gasteiger charge is 2.43. The fourth-order valence-electron chi connectivity index (χ4n) is 4.31. The average Bonchev–Trinajstić information content (AvgIpc) is 2.97. The summed E-state index contributed by atoms with van der Waals surface area (Å²) in [5.74, 6) is -0.480. The van der Waals surface area contributed by atoms with Gasteiger partial charge in [-0.25, -0.2) is 14.6 Å². The third-order valence-electron chi connectivity index (χ3n) is 6.15. The lowest BCUT2D eigenvalue weighted by Crippen LogP contribution is -2.57. The van der Waals surface area contributed by atoms with Gasteiger partial charge in [-0.2, -0.15) is 0 Å². The Bertz CT molecular complexity index is 1510. The van der Waals surface area contributed by atoms with Crippen LogP contribution in [0.25, 0.3) is 6.08 Å². The smallest absolute Gasteiger partial charge is 0.343 e. The van der Waals surface area contributed by atoms with Crippen molar-refractivity contribution in [2.75, 3.05) is 16.4 Å². The molecule has 1 heterocycles. The molecule has 200 valence electrons. The number of hydrogen-bond acceptors (Lipinski definition) is 5. The SMILES string of the molecule is CCOc1cc(C=C2C(=O)N(c3ccccc3)C(=O)N(c3ccccc3)C2=O)cc(Br)c1OCc1ccccc1. The van der Waals surface area contributed by atoms with Crippen molar-refractivity contribution < 1.29 is 23.9 Å². The van der Waals surface area contributed by atoms with E-state index in [1.54, 1.807) is 72.8 Å². The summed E-state index contributed by atoms with van der Waals surface area (Å²) in [6, 6.07) is 29.5. The first-order chi connectivity index (χ1) is 19.5. The molecule has 0 unspecified atom stereocenters. The van der Waals surface area contributed by atoms with Gasteiger partial charge in [-0.15, -0.1) is 0 Å². The molecule has 1 fully saturated rings. The number of amides is 4. The Labute approximate surface area is 240 Å². The van der Waals surface area contributed by atoms with E-state index in [1.165, 1.54) is 6.08 Å². The second-order valence-corrected chi connectivity index (χ2v) is 9.68. The van der Waals surface area contributed by atoms with E-state index in [2.05, 4.69) is 15.9 Å². The minimum absolute atomic E-state index is 0.167. The van der Waals surface area contributed by atoms with Crippen LogP contribution in [0.2, 0.25) is 0 Å². The molecule has 0 spiro atoms. The van der Waals surface area contributed by atoms with Crippen LogP contribution in [0, 0.1) is 0 Å². The number of urea groups is 1. The Hall–Kier alpha value is -4.69. The van der Waals surface area contributed by atoms with Crippen LogP contribution in [0.15, 0.2) is 113 Å². The predicted octanol–water partition coefficient (Wildman–Crippen LogP) is 7.01. The van der Waals surface area contributed by atoms with Crippen molar-refractivity contribution in [3.63, 3.8) is 0 Å². The largest absolute Gasteiger partial charge is 0.490 e. The molecule has 0 aliphatic carbocycles. The molecule has 0 bridgehead atoms. The third kappa shape index (κ3) is 5.53. The van der Waals surface area contributed by atoms with Crippen LogP contribution in [0.1, 0.15) is 18.1 Å². The second kappa shape index (κ2) is 12.0. The molecule has 7 nitrogen and oxygen atoms in total. The van der Waals surface area contributed by atoms with Gasteiger partial charge in [-0.3, -0.25) is 9.59 Å². The van der Waals surface area contributed by atoms with Crippen molar-refractivity contribution >= 4 is 51.2 Å². The van der Waals surface area contributed by atoms with Crippen LogP contribution >= 0.6 is 15.9 Å². The lowest BCUT2D eigenvalue weighted by molar-refractivity contribution is -0.121. The van der Waals surface area contributed by atoms with Gasteiger partial charge in [0.25, 0.3) is 11.8 Å². The summed E-state index contributed by atoms with van der Waals surface area (Å²) in [5, 5.41) is 0. The van der Waals surface area contributed by atoms with Crippen molar-refractivity contribution in [2.45, 2.75) is 13.5 Å². The zero-order chi connectivity index (χ0) is 28.1. The number of carbonyl (C=O) groups excluding carboxylic acids is 3. The highest BCUT2D eigenvalue weighted by molar-refractivity contribution is 9.10. The first kappa shape index (κ1) is 26.9. The Kier molecular flexibility index (Phi) is 8.07. The molecule has 0 N–H and O–H groups in total. The maximum Gasteiger partial charge on any atom is 0.343 e. The predicted molar refractivity (Wildman–Crippen MR) is 157 cm³/mol. The summed E-state index contributed by atoms with van der Waals surface area (Å²) in [6.45, 7) is 2.57. The van der Waals surface area contributed by atoms with Gasteiger partial charge in [-0.05, 0) is 76.5 Å². The number of hydrogen-bond donors (Lipinski definition) is 0. The summed E-state index contributed by atoms with van der Waals surface area (Å²) >= 11 is 3.56. The first-order valence-corrected chi connectivity index (χ1v) is 13.4. The van der Waals surface area contributed by atoms with Crippen molar-refractivity contribution in [2.24, 2.45) is 0 Å². The average molecular weight is 597 g/mol. The van der Waals surface area contributed by atoms with Crippen LogP contribution < -0.4 is 19.3 Å². The van der Waals surface area contributed by atoms with Gasteiger partial charge in [0.1, 0.15) is 12.2 Å². The summed E-state index contributed by atoms with van der Waals surface area (Å²) in [4.78, 5) is 42.9. The van der Waals surface area contributed by atoms with Crippen molar-refractivity contribution in [3.8, 4) is 11.5 Å². The number of halogens is 1. The molecule has 5 rings (SSSR count). The first-order valence-electron chi connectivity index (χ1n) is 12.7. The van der Waals surface area contributed by atoms with Crippen LogP contribution in [0.5, 0.6) is 11.5 Å². The molecule has 0 aromatic heterocycles. The van der Waals surface area contributed by atoms with E-state index in [-0.39, 0.29) is 5.57 Å². The molecular weight excluding hydrogens is 572 g/mol. The van der Waals surface area contributed by atoms with E-state index >= 15 is 0 Å². The van der Waals surface area contributed by atoms with Crippen molar-refractivity contribution in [3.05, 3.63) is 124 Å². The van der Waals surface area contributed by atoms with E-state index in [0.717, 1.165) is 15.4 Å². The third-order valence-corrected chi connectivity index (χ3v) is 6.74. The van der Waals surface area contributed by atoms with Gasteiger partial charge in [-0.1, -0.05) is 66.7 Å². The summed E-state index contributed by atoms with van der Waals surface area (Å²) < 4.78 is 12.5. The Balaban J connectivity index is 1.56. The van der Waals surface area contributed by atoms with Crippen molar-refractivity contribution in [1.29, 1.82) is 0 Å².